The largest absolute Gasteiger partial charge is 0.508 e. The lowest BCUT2D eigenvalue weighted by atomic mass is 9.99. The standard InChI is InChI=1S/C12H14O/c1-4-9-7-11(13)8-10(5-2)12(9)6-3/h4,6-8,13H,1,3,5H2,2H3. The SMILES string of the molecule is C=Cc1cc(O)cc(CC)c1C=C. The van der Waals surface area contributed by atoms with Crippen LogP contribution in [0, 0.1) is 0 Å². The second kappa shape index (κ2) is 3.94. The molecule has 0 aliphatic rings. The van der Waals surface area contributed by atoms with Crippen LogP contribution >= 0.6 is 0 Å². The highest BCUT2D eigenvalue weighted by Crippen LogP contribution is 2.24. The summed E-state index contributed by atoms with van der Waals surface area (Å²) in [6.45, 7) is 9.50. The van der Waals surface area contributed by atoms with Gasteiger partial charge in [-0.15, -0.1) is 0 Å². The van der Waals surface area contributed by atoms with E-state index in [1.807, 2.05) is 0 Å². The van der Waals surface area contributed by atoms with E-state index in [9.17, 15) is 5.11 Å². The Morgan fingerprint density at radius 2 is 2.00 bits per heavy atom. The van der Waals surface area contributed by atoms with E-state index in [4.69, 9.17) is 0 Å². The van der Waals surface area contributed by atoms with E-state index in [1.54, 1.807) is 24.3 Å². The first-order chi connectivity index (χ1) is 6.22. The molecule has 1 N–H and O–H groups in total. The summed E-state index contributed by atoms with van der Waals surface area (Å²) < 4.78 is 0. The summed E-state index contributed by atoms with van der Waals surface area (Å²) in [6.07, 6.45) is 4.42. The van der Waals surface area contributed by atoms with Crippen molar-refractivity contribution in [3.05, 3.63) is 42.0 Å². The van der Waals surface area contributed by atoms with Crippen molar-refractivity contribution in [2.45, 2.75) is 13.3 Å². The van der Waals surface area contributed by atoms with Crippen molar-refractivity contribution in [1.82, 2.24) is 0 Å². The molecule has 0 unspecified atom stereocenters. The summed E-state index contributed by atoms with van der Waals surface area (Å²) in [5.41, 5.74) is 3.10. The molecule has 1 aromatic rings. The van der Waals surface area contributed by atoms with E-state index in [-0.39, 0.29) is 5.75 Å². The van der Waals surface area contributed by atoms with Crippen molar-refractivity contribution in [1.29, 1.82) is 0 Å². The van der Waals surface area contributed by atoms with Crippen LogP contribution in [-0.4, -0.2) is 5.11 Å². The molecule has 0 atom stereocenters. The Bertz CT molecular complexity index is 337. The summed E-state index contributed by atoms with van der Waals surface area (Å²) in [4.78, 5) is 0. The predicted octanol–water partition coefficient (Wildman–Crippen LogP) is 3.24. The quantitative estimate of drug-likeness (QED) is 0.745. The monoisotopic (exact) mass is 174 g/mol. The lowest BCUT2D eigenvalue weighted by Crippen LogP contribution is -1.89. The van der Waals surface area contributed by atoms with Gasteiger partial charge in [0.2, 0.25) is 0 Å². The number of aryl methyl sites for hydroxylation is 1. The zero-order valence-corrected chi connectivity index (χ0v) is 7.88. The zero-order valence-electron chi connectivity index (χ0n) is 7.88. The van der Waals surface area contributed by atoms with E-state index < -0.39 is 0 Å². The van der Waals surface area contributed by atoms with Crippen LogP contribution in [0.2, 0.25) is 0 Å². The zero-order chi connectivity index (χ0) is 9.84. The van der Waals surface area contributed by atoms with Crippen LogP contribution < -0.4 is 0 Å². The highest BCUT2D eigenvalue weighted by Gasteiger charge is 2.03. The molecule has 0 heterocycles. The van der Waals surface area contributed by atoms with Crippen molar-refractivity contribution >= 4 is 12.2 Å². The van der Waals surface area contributed by atoms with Crippen molar-refractivity contribution in [3.8, 4) is 5.75 Å². The first kappa shape index (κ1) is 9.59. The molecule has 1 rings (SSSR count). The molecule has 0 aromatic heterocycles. The van der Waals surface area contributed by atoms with Gasteiger partial charge in [-0.3, -0.25) is 0 Å². The van der Waals surface area contributed by atoms with Gasteiger partial charge in [0, 0.05) is 0 Å². The number of benzene rings is 1. The molecule has 0 fully saturated rings. The summed E-state index contributed by atoms with van der Waals surface area (Å²) in [6, 6.07) is 3.47. The van der Waals surface area contributed by atoms with E-state index in [0.717, 1.165) is 23.1 Å². The fraction of sp³-hybridized carbons (Fsp3) is 0.167. The molecule has 0 saturated carbocycles. The molecule has 0 radical (unpaired) electrons. The van der Waals surface area contributed by atoms with E-state index in [2.05, 4.69) is 20.1 Å². The molecular formula is C12H14O. The number of rotatable bonds is 3. The first-order valence-electron chi connectivity index (χ1n) is 4.33. The Morgan fingerprint density at radius 1 is 1.31 bits per heavy atom. The van der Waals surface area contributed by atoms with Gasteiger partial charge in [-0.1, -0.05) is 32.2 Å². The Kier molecular flexibility index (Phi) is 2.91. The smallest absolute Gasteiger partial charge is 0.116 e. The Hall–Kier alpha value is -1.50. The molecule has 0 aliphatic carbocycles. The number of phenolic OH excluding ortho intramolecular Hbond substituents is 1. The second-order valence-electron chi connectivity index (χ2n) is 2.87. The van der Waals surface area contributed by atoms with Crippen LogP contribution in [0.4, 0.5) is 0 Å². The normalized spacial score (nSPS) is 9.62. The summed E-state index contributed by atoms with van der Waals surface area (Å²) in [7, 11) is 0. The molecule has 0 saturated heterocycles. The average Bonchev–Trinajstić information content (AvgIpc) is 2.16. The second-order valence-corrected chi connectivity index (χ2v) is 2.87. The lowest BCUT2D eigenvalue weighted by Gasteiger charge is -2.08. The van der Waals surface area contributed by atoms with Gasteiger partial charge in [-0.05, 0) is 35.2 Å². The van der Waals surface area contributed by atoms with Crippen molar-refractivity contribution in [3.63, 3.8) is 0 Å². The maximum Gasteiger partial charge on any atom is 0.116 e. The van der Waals surface area contributed by atoms with E-state index >= 15 is 0 Å². The van der Waals surface area contributed by atoms with Gasteiger partial charge in [-0.25, -0.2) is 0 Å². The number of phenols is 1. The first-order valence-corrected chi connectivity index (χ1v) is 4.33. The minimum absolute atomic E-state index is 0.289. The Morgan fingerprint density at radius 3 is 2.46 bits per heavy atom. The Labute approximate surface area is 79.0 Å². The fourth-order valence-electron chi connectivity index (χ4n) is 1.43. The molecule has 1 nitrogen and oxygen atoms in total. The number of hydrogen-bond donors (Lipinski definition) is 1. The molecular weight excluding hydrogens is 160 g/mol. The molecule has 0 bridgehead atoms. The minimum Gasteiger partial charge on any atom is -0.508 e. The van der Waals surface area contributed by atoms with Gasteiger partial charge in [0.05, 0.1) is 0 Å². The maximum absolute atomic E-state index is 9.39. The molecule has 1 heteroatoms. The Balaban J connectivity index is 3.41. The van der Waals surface area contributed by atoms with Crippen LogP contribution in [0.3, 0.4) is 0 Å². The lowest BCUT2D eigenvalue weighted by molar-refractivity contribution is 0.474. The van der Waals surface area contributed by atoms with Gasteiger partial charge in [0.1, 0.15) is 5.75 Å². The van der Waals surface area contributed by atoms with E-state index in [1.165, 1.54) is 0 Å². The highest BCUT2D eigenvalue weighted by atomic mass is 16.3. The topological polar surface area (TPSA) is 20.2 Å². The third-order valence-corrected chi connectivity index (χ3v) is 2.09. The minimum atomic E-state index is 0.289. The summed E-state index contributed by atoms with van der Waals surface area (Å²) in [5, 5.41) is 9.39. The molecule has 68 valence electrons. The van der Waals surface area contributed by atoms with Crippen LogP contribution in [-0.2, 0) is 6.42 Å². The van der Waals surface area contributed by atoms with Crippen molar-refractivity contribution in [2.24, 2.45) is 0 Å². The third kappa shape index (κ3) is 1.81. The predicted molar refractivity (Wildman–Crippen MR) is 57.7 cm³/mol. The van der Waals surface area contributed by atoms with Gasteiger partial charge in [-0.2, -0.15) is 0 Å². The molecule has 1 aromatic carbocycles. The number of aromatic hydroxyl groups is 1. The van der Waals surface area contributed by atoms with Crippen LogP contribution in [0.1, 0.15) is 23.6 Å². The van der Waals surface area contributed by atoms with E-state index in [0.29, 0.717) is 0 Å². The summed E-state index contributed by atoms with van der Waals surface area (Å²) in [5.74, 6) is 0.289. The van der Waals surface area contributed by atoms with Crippen molar-refractivity contribution in [2.75, 3.05) is 0 Å². The van der Waals surface area contributed by atoms with Crippen LogP contribution in [0.5, 0.6) is 5.75 Å². The van der Waals surface area contributed by atoms with Crippen LogP contribution in [0.15, 0.2) is 25.3 Å². The number of hydrogen-bond acceptors (Lipinski definition) is 1. The van der Waals surface area contributed by atoms with Gasteiger partial charge >= 0.3 is 0 Å². The highest BCUT2D eigenvalue weighted by molar-refractivity contribution is 5.68. The van der Waals surface area contributed by atoms with Crippen LogP contribution in [0.25, 0.3) is 12.2 Å². The van der Waals surface area contributed by atoms with Gasteiger partial charge in [0.15, 0.2) is 0 Å². The molecule has 0 amide bonds. The summed E-state index contributed by atoms with van der Waals surface area (Å²) >= 11 is 0. The maximum atomic E-state index is 9.39. The van der Waals surface area contributed by atoms with Gasteiger partial charge in [0.25, 0.3) is 0 Å². The molecule has 0 aliphatic heterocycles. The van der Waals surface area contributed by atoms with Crippen molar-refractivity contribution < 1.29 is 5.11 Å². The third-order valence-electron chi connectivity index (χ3n) is 2.09. The molecule has 0 spiro atoms. The van der Waals surface area contributed by atoms with Gasteiger partial charge < -0.3 is 5.11 Å². The molecule has 13 heavy (non-hydrogen) atoms. The fourth-order valence-corrected chi connectivity index (χ4v) is 1.43. The average molecular weight is 174 g/mol.